The van der Waals surface area contributed by atoms with E-state index in [4.69, 9.17) is 16.6 Å². The monoisotopic (exact) mass is 266 g/mol. The predicted molar refractivity (Wildman–Crippen MR) is 72.9 cm³/mol. The van der Waals surface area contributed by atoms with Gasteiger partial charge >= 0.3 is 0 Å². The van der Waals surface area contributed by atoms with Crippen LogP contribution in [0.15, 0.2) is 0 Å². The highest BCUT2D eigenvalue weighted by Crippen LogP contribution is 2.36. The Bertz CT molecular complexity index is 565. The highest BCUT2D eigenvalue weighted by Gasteiger charge is 2.27. The van der Waals surface area contributed by atoms with Crippen molar-refractivity contribution in [3.63, 3.8) is 0 Å². The minimum atomic E-state index is 0.483. The third-order valence-electron chi connectivity index (χ3n) is 3.86. The van der Waals surface area contributed by atoms with Crippen molar-refractivity contribution in [2.24, 2.45) is 7.05 Å². The highest BCUT2D eigenvalue weighted by atomic mass is 35.5. The quantitative estimate of drug-likeness (QED) is 0.797. The Morgan fingerprint density at radius 2 is 2.17 bits per heavy atom. The van der Waals surface area contributed by atoms with Crippen molar-refractivity contribution in [2.45, 2.75) is 50.9 Å². The number of hydrogen-bond donors (Lipinski definition) is 0. The Balaban J connectivity index is 2.18. The second-order valence-corrected chi connectivity index (χ2v) is 5.38. The summed E-state index contributed by atoms with van der Waals surface area (Å²) >= 11 is 6.05. The van der Waals surface area contributed by atoms with E-state index in [0.717, 1.165) is 35.5 Å². The maximum absolute atomic E-state index is 6.05. The van der Waals surface area contributed by atoms with Crippen molar-refractivity contribution in [3.05, 3.63) is 11.5 Å². The molecule has 0 saturated heterocycles. The summed E-state index contributed by atoms with van der Waals surface area (Å²) in [5, 5.41) is 4.61. The molecule has 0 aromatic carbocycles. The summed E-state index contributed by atoms with van der Waals surface area (Å²) in [6, 6.07) is 0.577. The molecule has 98 valence electrons. The molecule has 2 heterocycles. The van der Waals surface area contributed by atoms with Crippen molar-refractivity contribution in [2.75, 3.05) is 0 Å². The topological polar surface area (TPSA) is 35.6 Å². The van der Waals surface area contributed by atoms with Gasteiger partial charge in [-0.2, -0.15) is 5.10 Å². The number of fused-ring (bicyclic) bond motifs is 1. The molecule has 3 rings (SSSR count). The van der Waals surface area contributed by atoms with Gasteiger partial charge in [-0.05, 0) is 25.7 Å². The normalized spacial score (nSPS) is 16.4. The molecular weight excluding hydrogens is 248 g/mol. The van der Waals surface area contributed by atoms with Crippen molar-refractivity contribution in [1.29, 1.82) is 0 Å². The number of halogens is 1. The second kappa shape index (κ2) is 4.57. The van der Waals surface area contributed by atoms with Crippen LogP contribution < -0.4 is 0 Å². The summed E-state index contributed by atoms with van der Waals surface area (Å²) < 4.78 is 4.29. The first-order chi connectivity index (χ1) is 8.76. The molecule has 0 amide bonds. The molecule has 2 aromatic heterocycles. The summed E-state index contributed by atoms with van der Waals surface area (Å²) in [6.45, 7) is 2.17. The first-order valence-electron chi connectivity index (χ1n) is 6.75. The van der Waals surface area contributed by atoms with Crippen LogP contribution in [-0.4, -0.2) is 19.3 Å². The number of nitrogens with zero attached hydrogens (tertiary/aromatic N) is 4. The van der Waals surface area contributed by atoms with Crippen LogP contribution in [0.4, 0.5) is 0 Å². The lowest BCUT2D eigenvalue weighted by Crippen LogP contribution is -2.20. The van der Waals surface area contributed by atoms with Gasteiger partial charge in [-0.3, -0.25) is 4.68 Å². The molecule has 1 aliphatic rings. The Morgan fingerprint density at radius 1 is 1.39 bits per heavy atom. The summed E-state index contributed by atoms with van der Waals surface area (Å²) in [5.41, 5.74) is 3.32. The predicted octanol–water partition coefficient (Wildman–Crippen LogP) is 3.19. The smallest absolute Gasteiger partial charge is 0.158 e. The van der Waals surface area contributed by atoms with E-state index in [1.165, 1.54) is 19.3 Å². The van der Waals surface area contributed by atoms with Crippen LogP contribution in [0.5, 0.6) is 0 Å². The molecule has 5 heteroatoms. The van der Waals surface area contributed by atoms with Gasteiger partial charge in [0.2, 0.25) is 0 Å². The van der Waals surface area contributed by atoms with Gasteiger partial charge in [0.05, 0.1) is 11.6 Å². The molecule has 1 aliphatic carbocycles. The summed E-state index contributed by atoms with van der Waals surface area (Å²) in [6.07, 6.45) is 5.87. The molecule has 4 nitrogen and oxygen atoms in total. The van der Waals surface area contributed by atoms with Gasteiger partial charge in [0.25, 0.3) is 0 Å². The molecule has 0 atom stereocenters. The van der Waals surface area contributed by atoms with E-state index in [1.54, 1.807) is 0 Å². The van der Waals surface area contributed by atoms with Crippen LogP contribution in [0.1, 0.15) is 50.2 Å². The molecule has 0 aliphatic heterocycles. The van der Waals surface area contributed by atoms with Crippen LogP contribution in [0.2, 0.25) is 0 Å². The van der Waals surface area contributed by atoms with Crippen molar-refractivity contribution >= 4 is 22.8 Å². The largest absolute Gasteiger partial charge is 0.309 e. The average Bonchev–Trinajstić information content (AvgIpc) is 2.78. The Hall–Kier alpha value is -1.03. The van der Waals surface area contributed by atoms with E-state index < -0.39 is 0 Å². The average molecular weight is 267 g/mol. The first-order valence-corrected chi connectivity index (χ1v) is 7.28. The summed E-state index contributed by atoms with van der Waals surface area (Å²) in [7, 11) is 2.01. The van der Waals surface area contributed by atoms with E-state index >= 15 is 0 Å². The Labute approximate surface area is 112 Å². The Morgan fingerprint density at radius 3 is 2.72 bits per heavy atom. The third kappa shape index (κ3) is 1.66. The number of rotatable bonds is 4. The van der Waals surface area contributed by atoms with Gasteiger partial charge in [-0.25, -0.2) is 4.98 Å². The number of hydrogen-bond acceptors (Lipinski definition) is 2. The number of aryl methyl sites for hydroxylation is 2. The minimum Gasteiger partial charge on any atom is -0.309 e. The van der Waals surface area contributed by atoms with Crippen LogP contribution in [0.25, 0.3) is 11.2 Å². The first kappa shape index (κ1) is 12.0. The lowest BCUT2D eigenvalue weighted by Gasteiger charge is -2.28. The lowest BCUT2D eigenvalue weighted by atomic mass is 9.93. The molecule has 0 spiro atoms. The lowest BCUT2D eigenvalue weighted by molar-refractivity contribution is 0.312. The fourth-order valence-electron chi connectivity index (χ4n) is 2.78. The van der Waals surface area contributed by atoms with Crippen molar-refractivity contribution in [3.8, 4) is 0 Å². The molecule has 0 radical (unpaired) electrons. The van der Waals surface area contributed by atoms with Crippen LogP contribution >= 0.6 is 11.6 Å². The van der Waals surface area contributed by atoms with Crippen LogP contribution in [-0.2, 0) is 19.3 Å². The summed E-state index contributed by atoms with van der Waals surface area (Å²) in [5.74, 6) is 1.48. The van der Waals surface area contributed by atoms with Crippen LogP contribution in [0.3, 0.4) is 0 Å². The van der Waals surface area contributed by atoms with Crippen molar-refractivity contribution in [1.82, 2.24) is 19.3 Å². The van der Waals surface area contributed by atoms with E-state index in [2.05, 4.69) is 16.6 Å². The molecule has 1 fully saturated rings. The van der Waals surface area contributed by atoms with E-state index in [-0.39, 0.29) is 0 Å². The SMILES string of the molecule is CCCc1nn(C)c2c1nc(CCl)n2C1CCC1. The third-order valence-corrected chi connectivity index (χ3v) is 4.09. The van der Waals surface area contributed by atoms with Gasteiger partial charge in [0.15, 0.2) is 5.65 Å². The van der Waals surface area contributed by atoms with Gasteiger partial charge < -0.3 is 4.57 Å². The van der Waals surface area contributed by atoms with E-state index in [9.17, 15) is 0 Å². The molecule has 2 aromatic rings. The zero-order valence-corrected chi connectivity index (χ0v) is 11.7. The Kier molecular flexibility index (Phi) is 3.06. The number of aromatic nitrogens is 4. The molecule has 18 heavy (non-hydrogen) atoms. The zero-order chi connectivity index (χ0) is 12.7. The number of alkyl halides is 1. The minimum absolute atomic E-state index is 0.483. The van der Waals surface area contributed by atoms with Crippen molar-refractivity contribution < 1.29 is 0 Å². The molecule has 1 saturated carbocycles. The summed E-state index contributed by atoms with van der Waals surface area (Å²) in [4.78, 5) is 4.72. The maximum atomic E-state index is 6.05. The second-order valence-electron chi connectivity index (χ2n) is 5.11. The molecule has 0 unspecified atom stereocenters. The van der Waals surface area contributed by atoms with Gasteiger partial charge in [-0.1, -0.05) is 13.3 Å². The van der Waals surface area contributed by atoms with Gasteiger partial charge in [0.1, 0.15) is 11.3 Å². The zero-order valence-electron chi connectivity index (χ0n) is 11.0. The maximum Gasteiger partial charge on any atom is 0.158 e. The molecule has 0 N–H and O–H groups in total. The fraction of sp³-hybridized carbons (Fsp3) is 0.692. The fourth-order valence-corrected chi connectivity index (χ4v) is 2.96. The number of imidazole rings is 1. The van der Waals surface area contributed by atoms with E-state index in [1.807, 2.05) is 11.7 Å². The molecule has 0 bridgehead atoms. The van der Waals surface area contributed by atoms with E-state index in [0.29, 0.717) is 11.9 Å². The molecular formula is C13H19ClN4. The standard InChI is InChI=1S/C13H19ClN4/c1-3-5-10-12-13(17(2)16-10)18(9-6-4-7-9)11(8-14)15-12/h9H,3-8H2,1-2H3. The van der Waals surface area contributed by atoms with Gasteiger partial charge in [-0.15, -0.1) is 11.6 Å². The van der Waals surface area contributed by atoms with Gasteiger partial charge in [0, 0.05) is 13.1 Å². The highest BCUT2D eigenvalue weighted by molar-refractivity contribution is 6.16. The van der Waals surface area contributed by atoms with Crippen LogP contribution in [0, 0.1) is 0 Å².